The van der Waals surface area contributed by atoms with E-state index >= 15 is 0 Å². The van der Waals surface area contributed by atoms with E-state index in [2.05, 4.69) is 15.6 Å². The molecule has 1 amide bonds. The van der Waals surface area contributed by atoms with Crippen LogP contribution in [0, 0.1) is 6.92 Å². The first kappa shape index (κ1) is 21.8. The third kappa shape index (κ3) is 5.51. The van der Waals surface area contributed by atoms with Crippen molar-refractivity contribution in [3.8, 4) is 0 Å². The molecule has 0 heterocycles. The Balaban J connectivity index is 2.24. The van der Waals surface area contributed by atoms with Crippen molar-refractivity contribution in [3.63, 3.8) is 0 Å². The molecular weight excluding hydrogens is 370 g/mol. The van der Waals surface area contributed by atoms with Crippen LogP contribution in [0.25, 0.3) is 0 Å². The number of carbonyl (C=O) groups is 2. The van der Waals surface area contributed by atoms with Gasteiger partial charge < -0.3 is 15.0 Å². The standard InChI is InChI=1S/C22H25N3O4/c1-14-7-6-8-19(21(25-28-5)22(27)23-4)20(14)13-29-24-15(2)17-9-11-18(12-10-17)16(3)26/h6-12H,13H2,1-5H3,(H,23,27)/b24-15+,25-21+. The largest absolute Gasteiger partial charge is 0.398 e. The SMILES string of the molecule is CNC(=O)/C(=N/OC)c1cccc(C)c1CO/N=C(\C)c1ccc(C(C)=O)cc1. The van der Waals surface area contributed by atoms with Gasteiger partial charge in [0.2, 0.25) is 0 Å². The van der Waals surface area contributed by atoms with Gasteiger partial charge in [-0.1, -0.05) is 52.8 Å². The molecule has 7 nitrogen and oxygen atoms in total. The van der Waals surface area contributed by atoms with Crippen LogP contribution < -0.4 is 5.32 Å². The Labute approximate surface area is 170 Å². The normalized spacial score (nSPS) is 11.8. The van der Waals surface area contributed by atoms with Gasteiger partial charge in [-0.15, -0.1) is 0 Å². The molecule has 0 aromatic heterocycles. The van der Waals surface area contributed by atoms with Crippen molar-refractivity contribution in [1.29, 1.82) is 0 Å². The number of ketones is 1. The third-order valence-electron chi connectivity index (χ3n) is 4.41. The monoisotopic (exact) mass is 395 g/mol. The molecule has 2 rings (SSSR count). The molecular formula is C22H25N3O4. The van der Waals surface area contributed by atoms with Crippen LogP contribution in [0.3, 0.4) is 0 Å². The number of rotatable bonds is 8. The average molecular weight is 395 g/mol. The van der Waals surface area contributed by atoms with Gasteiger partial charge in [-0.2, -0.15) is 0 Å². The van der Waals surface area contributed by atoms with E-state index < -0.39 is 0 Å². The number of nitrogens with one attached hydrogen (secondary N) is 1. The fourth-order valence-electron chi connectivity index (χ4n) is 2.73. The second-order valence-corrected chi connectivity index (χ2v) is 6.39. The summed E-state index contributed by atoms with van der Waals surface area (Å²) >= 11 is 0. The average Bonchev–Trinajstić information content (AvgIpc) is 2.72. The summed E-state index contributed by atoms with van der Waals surface area (Å²) in [6.45, 7) is 5.43. The van der Waals surface area contributed by atoms with E-state index in [1.165, 1.54) is 21.1 Å². The predicted octanol–water partition coefficient (Wildman–Crippen LogP) is 3.23. The summed E-state index contributed by atoms with van der Waals surface area (Å²) in [5.41, 5.74) is 4.68. The number of hydrogen-bond acceptors (Lipinski definition) is 6. The van der Waals surface area contributed by atoms with E-state index in [0.29, 0.717) is 16.8 Å². The number of likely N-dealkylation sites (N-methyl/N-ethyl adjacent to an activating group) is 1. The van der Waals surface area contributed by atoms with E-state index in [9.17, 15) is 9.59 Å². The summed E-state index contributed by atoms with van der Waals surface area (Å²) in [6.07, 6.45) is 0. The van der Waals surface area contributed by atoms with Crippen LogP contribution in [0.5, 0.6) is 0 Å². The summed E-state index contributed by atoms with van der Waals surface area (Å²) in [5.74, 6) is -0.344. The molecule has 0 unspecified atom stereocenters. The van der Waals surface area contributed by atoms with Gasteiger partial charge in [0.25, 0.3) is 5.91 Å². The molecule has 29 heavy (non-hydrogen) atoms. The minimum atomic E-state index is -0.357. The first-order valence-corrected chi connectivity index (χ1v) is 9.09. The van der Waals surface area contributed by atoms with Gasteiger partial charge in [-0.25, -0.2) is 0 Å². The van der Waals surface area contributed by atoms with Crippen LogP contribution in [0.15, 0.2) is 52.8 Å². The second-order valence-electron chi connectivity index (χ2n) is 6.39. The van der Waals surface area contributed by atoms with Crippen molar-refractivity contribution in [1.82, 2.24) is 5.32 Å². The molecule has 2 aromatic rings. The van der Waals surface area contributed by atoms with Gasteiger partial charge in [0, 0.05) is 23.7 Å². The lowest BCUT2D eigenvalue weighted by Gasteiger charge is -2.13. The highest BCUT2D eigenvalue weighted by atomic mass is 16.6. The highest BCUT2D eigenvalue weighted by Gasteiger charge is 2.19. The van der Waals surface area contributed by atoms with Crippen molar-refractivity contribution in [2.75, 3.05) is 14.2 Å². The lowest BCUT2D eigenvalue weighted by atomic mass is 9.98. The molecule has 0 saturated carbocycles. The Hall–Kier alpha value is -3.48. The van der Waals surface area contributed by atoms with Gasteiger partial charge in [-0.05, 0) is 31.9 Å². The van der Waals surface area contributed by atoms with Crippen molar-refractivity contribution in [2.24, 2.45) is 10.3 Å². The Bertz CT molecular complexity index is 947. The number of aryl methyl sites for hydroxylation is 1. The predicted molar refractivity (Wildman–Crippen MR) is 112 cm³/mol. The molecule has 0 atom stereocenters. The summed E-state index contributed by atoms with van der Waals surface area (Å²) in [5, 5.41) is 10.6. The van der Waals surface area contributed by atoms with Gasteiger partial charge >= 0.3 is 0 Å². The second kappa shape index (κ2) is 10.2. The lowest BCUT2D eigenvalue weighted by Crippen LogP contribution is -2.29. The molecule has 0 fully saturated rings. The molecule has 0 bridgehead atoms. The highest BCUT2D eigenvalue weighted by Crippen LogP contribution is 2.18. The topological polar surface area (TPSA) is 89.3 Å². The fraction of sp³-hybridized carbons (Fsp3) is 0.273. The fourth-order valence-corrected chi connectivity index (χ4v) is 2.73. The van der Waals surface area contributed by atoms with Gasteiger partial charge in [-0.3, -0.25) is 9.59 Å². The first-order valence-electron chi connectivity index (χ1n) is 9.09. The maximum atomic E-state index is 12.2. The molecule has 0 aliphatic carbocycles. The zero-order valence-corrected chi connectivity index (χ0v) is 17.3. The van der Waals surface area contributed by atoms with Crippen LogP contribution in [0.2, 0.25) is 0 Å². The van der Waals surface area contributed by atoms with Crippen molar-refractivity contribution in [3.05, 3.63) is 70.3 Å². The number of amides is 1. The minimum absolute atomic E-state index is 0.0131. The summed E-state index contributed by atoms with van der Waals surface area (Å²) in [6, 6.07) is 12.7. The highest BCUT2D eigenvalue weighted by molar-refractivity contribution is 6.45. The van der Waals surface area contributed by atoms with E-state index in [1.807, 2.05) is 38.1 Å². The zero-order chi connectivity index (χ0) is 21.4. The molecule has 0 saturated heterocycles. The Morgan fingerprint density at radius 3 is 2.24 bits per heavy atom. The molecule has 7 heteroatoms. The van der Waals surface area contributed by atoms with Gasteiger partial charge in [0.1, 0.15) is 13.7 Å². The van der Waals surface area contributed by atoms with Gasteiger partial charge in [0.05, 0.1) is 5.71 Å². The molecule has 0 spiro atoms. The smallest absolute Gasteiger partial charge is 0.273 e. The number of oxime groups is 2. The number of hydrogen-bond donors (Lipinski definition) is 1. The molecule has 152 valence electrons. The lowest BCUT2D eigenvalue weighted by molar-refractivity contribution is -0.114. The number of benzene rings is 2. The van der Waals surface area contributed by atoms with Crippen LogP contribution in [-0.4, -0.2) is 37.3 Å². The summed E-state index contributed by atoms with van der Waals surface area (Å²) in [7, 11) is 2.92. The van der Waals surface area contributed by atoms with Crippen LogP contribution in [0.4, 0.5) is 0 Å². The molecule has 0 radical (unpaired) electrons. The van der Waals surface area contributed by atoms with Gasteiger partial charge in [0.15, 0.2) is 11.5 Å². The summed E-state index contributed by atoms with van der Waals surface area (Å²) < 4.78 is 0. The van der Waals surface area contributed by atoms with E-state index in [4.69, 9.17) is 9.68 Å². The van der Waals surface area contributed by atoms with E-state index in [-0.39, 0.29) is 24.0 Å². The molecule has 0 aliphatic rings. The summed E-state index contributed by atoms with van der Waals surface area (Å²) in [4.78, 5) is 34.0. The van der Waals surface area contributed by atoms with Crippen LogP contribution >= 0.6 is 0 Å². The molecule has 0 aliphatic heterocycles. The third-order valence-corrected chi connectivity index (χ3v) is 4.41. The van der Waals surface area contributed by atoms with Crippen molar-refractivity contribution >= 4 is 23.1 Å². The zero-order valence-electron chi connectivity index (χ0n) is 17.3. The van der Waals surface area contributed by atoms with Crippen LogP contribution in [0.1, 0.15) is 46.5 Å². The molecule has 1 N–H and O–H groups in total. The Morgan fingerprint density at radius 1 is 1.00 bits per heavy atom. The maximum Gasteiger partial charge on any atom is 0.273 e. The first-order chi connectivity index (χ1) is 13.9. The number of nitrogens with zero attached hydrogens (tertiary/aromatic N) is 2. The Morgan fingerprint density at radius 2 is 1.66 bits per heavy atom. The van der Waals surface area contributed by atoms with E-state index in [0.717, 1.165) is 16.7 Å². The van der Waals surface area contributed by atoms with E-state index in [1.54, 1.807) is 18.2 Å². The molecule has 2 aromatic carbocycles. The van der Waals surface area contributed by atoms with Crippen molar-refractivity contribution < 1.29 is 19.3 Å². The van der Waals surface area contributed by atoms with Crippen LogP contribution in [-0.2, 0) is 21.1 Å². The maximum absolute atomic E-state index is 12.2. The minimum Gasteiger partial charge on any atom is -0.398 e. The van der Waals surface area contributed by atoms with Crippen molar-refractivity contribution in [2.45, 2.75) is 27.4 Å². The number of Topliss-reactive ketones (excluding diaryl/α,β-unsaturated/α-hetero) is 1. The number of carbonyl (C=O) groups excluding carboxylic acids is 2. The quantitative estimate of drug-likeness (QED) is 0.422. The Kier molecular flexibility index (Phi) is 7.65.